The largest absolute Gasteiger partial charge is 0.453 e. The highest BCUT2D eigenvalue weighted by molar-refractivity contribution is 7.79. The molecular formula is C17H20NO3P. The van der Waals surface area contributed by atoms with E-state index >= 15 is 0 Å². The predicted octanol–water partition coefficient (Wildman–Crippen LogP) is 3.04. The second-order valence-electron chi connectivity index (χ2n) is 5.04. The van der Waals surface area contributed by atoms with Crippen molar-refractivity contribution in [1.82, 2.24) is 4.90 Å². The Morgan fingerprint density at radius 2 is 1.41 bits per heavy atom. The molecule has 0 aromatic heterocycles. The van der Waals surface area contributed by atoms with Crippen molar-refractivity contribution in [2.24, 2.45) is 0 Å². The molecule has 0 heterocycles. The summed E-state index contributed by atoms with van der Waals surface area (Å²) in [6.07, 6.45) is -0.500. The maximum Gasteiger partial charge on any atom is 0.409 e. The maximum atomic E-state index is 13.9. The second-order valence-corrected chi connectivity index (χ2v) is 8.14. The van der Waals surface area contributed by atoms with E-state index in [0.717, 1.165) is 10.6 Å². The molecule has 5 heteroatoms. The summed E-state index contributed by atoms with van der Waals surface area (Å²) in [5.74, 6) is -0.509. The molecule has 1 amide bonds. The van der Waals surface area contributed by atoms with Gasteiger partial charge in [0.15, 0.2) is 7.14 Å². The van der Waals surface area contributed by atoms with Crippen molar-refractivity contribution >= 4 is 23.8 Å². The fraction of sp³-hybridized carbons (Fsp3) is 0.235. The zero-order chi connectivity index (χ0) is 16.2. The van der Waals surface area contributed by atoms with Gasteiger partial charge in [-0.2, -0.15) is 0 Å². The van der Waals surface area contributed by atoms with Crippen molar-refractivity contribution in [2.75, 3.05) is 14.2 Å². The lowest BCUT2D eigenvalue weighted by atomic mass is 10.4. The van der Waals surface area contributed by atoms with Gasteiger partial charge in [0.2, 0.25) is 0 Å². The van der Waals surface area contributed by atoms with Crippen molar-refractivity contribution in [3.8, 4) is 0 Å². The normalized spacial score (nSPS) is 12.5. The predicted molar refractivity (Wildman–Crippen MR) is 89.4 cm³/mol. The van der Waals surface area contributed by atoms with Gasteiger partial charge in [-0.05, 0) is 6.92 Å². The van der Waals surface area contributed by atoms with Crippen LogP contribution in [0.25, 0.3) is 0 Å². The summed E-state index contributed by atoms with van der Waals surface area (Å²) in [6.45, 7) is 1.79. The maximum absolute atomic E-state index is 13.9. The number of benzene rings is 2. The molecule has 2 aromatic carbocycles. The minimum absolute atomic E-state index is 0.500. The minimum atomic E-state index is -3.01. The van der Waals surface area contributed by atoms with Crippen LogP contribution in [-0.4, -0.2) is 30.9 Å². The van der Waals surface area contributed by atoms with Crippen LogP contribution >= 0.6 is 7.14 Å². The van der Waals surface area contributed by atoms with Gasteiger partial charge >= 0.3 is 6.09 Å². The molecule has 22 heavy (non-hydrogen) atoms. The standard InChI is InChI=1S/C17H20NO3P/c1-14(18(2)17(19)21-3)22(20,15-10-6-4-7-11-15)16-12-8-5-9-13-16/h4-14H,1-3H3. The van der Waals surface area contributed by atoms with Gasteiger partial charge in [0, 0.05) is 17.7 Å². The van der Waals surface area contributed by atoms with Crippen LogP contribution in [0.5, 0.6) is 0 Å². The number of hydrogen-bond donors (Lipinski definition) is 0. The Hall–Kier alpha value is -2.06. The number of rotatable bonds is 4. The summed E-state index contributed by atoms with van der Waals surface area (Å²) in [7, 11) is -0.0861. The van der Waals surface area contributed by atoms with Gasteiger partial charge in [-0.3, -0.25) is 0 Å². The smallest absolute Gasteiger partial charge is 0.409 e. The van der Waals surface area contributed by atoms with Gasteiger partial charge in [0.25, 0.3) is 0 Å². The molecule has 2 rings (SSSR count). The Bertz CT molecular complexity index is 629. The number of amides is 1. The third-order valence-corrected chi connectivity index (χ3v) is 7.36. The second kappa shape index (κ2) is 6.80. The summed E-state index contributed by atoms with van der Waals surface area (Å²) in [4.78, 5) is 13.2. The molecular weight excluding hydrogens is 297 g/mol. The number of methoxy groups -OCH3 is 1. The van der Waals surface area contributed by atoms with Gasteiger partial charge in [0.05, 0.1) is 12.9 Å². The molecule has 116 valence electrons. The third-order valence-electron chi connectivity index (χ3n) is 3.83. The van der Waals surface area contributed by atoms with Gasteiger partial charge < -0.3 is 14.2 Å². The van der Waals surface area contributed by atoms with Crippen molar-refractivity contribution < 1.29 is 14.1 Å². The summed E-state index contributed by atoms with van der Waals surface area (Å²) in [5, 5.41) is 1.45. The summed E-state index contributed by atoms with van der Waals surface area (Å²) in [6, 6.07) is 18.6. The molecule has 0 bridgehead atoms. The van der Waals surface area contributed by atoms with Crippen LogP contribution in [0.1, 0.15) is 6.92 Å². The molecule has 0 aliphatic carbocycles. The molecule has 0 spiro atoms. The third kappa shape index (κ3) is 2.93. The van der Waals surface area contributed by atoms with Crippen molar-refractivity contribution in [3.63, 3.8) is 0 Å². The summed E-state index contributed by atoms with van der Waals surface area (Å²) >= 11 is 0. The number of carbonyl (C=O) groups is 1. The lowest BCUT2D eigenvalue weighted by Crippen LogP contribution is -2.39. The zero-order valence-electron chi connectivity index (χ0n) is 13.0. The average Bonchev–Trinajstić information content (AvgIpc) is 2.60. The first-order valence-corrected chi connectivity index (χ1v) is 8.81. The van der Waals surface area contributed by atoms with Crippen molar-refractivity contribution in [3.05, 3.63) is 60.7 Å². The van der Waals surface area contributed by atoms with Crippen molar-refractivity contribution in [2.45, 2.75) is 12.7 Å². The molecule has 1 unspecified atom stereocenters. The van der Waals surface area contributed by atoms with Crippen LogP contribution in [0.3, 0.4) is 0 Å². The van der Waals surface area contributed by atoms with E-state index in [1.807, 2.05) is 60.7 Å². The molecule has 1 atom stereocenters. The number of hydrogen-bond acceptors (Lipinski definition) is 3. The quantitative estimate of drug-likeness (QED) is 0.814. The van der Waals surface area contributed by atoms with Gasteiger partial charge in [0.1, 0.15) is 0 Å². The Morgan fingerprint density at radius 1 is 1.00 bits per heavy atom. The molecule has 0 N–H and O–H groups in total. The Morgan fingerprint density at radius 3 is 1.77 bits per heavy atom. The fourth-order valence-electron chi connectivity index (χ4n) is 2.42. The van der Waals surface area contributed by atoms with E-state index in [-0.39, 0.29) is 0 Å². The number of ether oxygens (including phenoxy) is 1. The molecule has 0 saturated carbocycles. The molecule has 2 aromatic rings. The highest BCUT2D eigenvalue weighted by Crippen LogP contribution is 2.49. The van der Waals surface area contributed by atoms with E-state index in [1.165, 1.54) is 12.0 Å². The highest BCUT2D eigenvalue weighted by atomic mass is 31.2. The summed E-state index contributed by atoms with van der Waals surface area (Å²) < 4.78 is 18.7. The van der Waals surface area contributed by atoms with Crippen LogP contribution in [0, 0.1) is 0 Å². The molecule has 0 radical (unpaired) electrons. The first-order valence-electron chi connectivity index (χ1n) is 7.03. The van der Waals surface area contributed by atoms with E-state index < -0.39 is 19.0 Å². The first kappa shape index (κ1) is 16.3. The van der Waals surface area contributed by atoms with E-state index in [0.29, 0.717) is 0 Å². The number of nitrogens with zero attached hydrogens (tertiary/aromatic N) is 1. The topological polar surface area (TPSA) is 46.6 Å². The van der Waals surface area contributed by atoms with E-state index in [4.69, 9.17) is 4.74 Å². The molecule has 0 saturated heterocycles. The monoisotopic (exact) mass is 317 g/mol. The van der Waals surface area contributed by atoms with E-state index in [1.54, 1.807) is 14.0 Å². The van der Waals surface area contributed by atoms with Crippen LogP contribution in [0.2, 0.25) is 0 Å². The summed E-state index contributed by atoms with van der Waals surface area (Å²) in [5.41, 5.74) is 0. The van der Waals surface area contributed by atoms with Crippen molar-refractivity contribution in [1.29, 1.82) is 0 Å². The first-order chi connectivity index (χ1) is 10.5. The molecule has 0 fully saturated rings. The molecule has 0 aliphatic heterocycles. The van der Waals surface area contributed by atoms with Gasteiger partial charge in [-0.25, -0.2) is 4.79 Å². The number of carbonyl (C=O) groups excluding carboxylic acids is 1. The molecule has 4 nitrogen and oxygen atoms in total. The lowest BCUT2D eigenvalue weighted by Gasteiger charge is -2.32. The van der Waals surface area contributed by atoms with Crippen LogP contribution in [0.15, 0.2) is 60.7 Å². The Labute approximate surface area is 131 Å². The van der Waals surface area contributed by atoms with Crippen LogP contribution < -0.4 is 10.6 Å². The Kier molecular flexibility index (Phi) is 5.04. The Balaban J connectivity index is 2.57. The SMILES string of the molecule is COC(=O)N(C)C(C)P(=O)(c1ccccc1)c1ccccc1. The molecule has 0 aliphatic rings. The lowest BCUT2D eigenvalue weighted by molar-refractivity contribution is 0.130. The van der Waals surface area contributed by atoms with Gasteiger partial charge in [-0.1, -0.05) is 60.7 Å². The fourth-order valence-corrected chi connectivity index (χ4v) is 5.39. The van der Waals surface area contributed by atoms with E-state index in [9.17, 15) is 9.36 Å². The zero-order valence-corrected chi connectivity index (χ0v) is 13.9. The van der Waals surface area contributed by atoms with Crippen LogP contribution in [0.4, 0.5) is 4.79 Å². The van der Waals surface area contributed by atoms with Gasteiger partial charge in [-0.15, -0.1) is 0 Å². The average molecular weight is 317 g/mol. The van der Waals surface area contributed by atoms with E-state index in [2.05, 4.69) is 0 Å². The van der Waals surface area contributed by atoms with Crippen LogP contribution in [-0.2, 0) is 9.30 Å². The minimum Gasteiger partial charge on any atom is -0.453 e. The highest BCUT2D eigenvalue weighted by Gasteiger charge is 2.38.